The van der Waals surface area contributed by atoms with Crippen LogP contribution in [0, 0.1) is 17.8 Å². The van der Waals surface area contributed by atoms with Crippen molar-refractivity contribution in [1.82, 2.24) is 0 Å². The van der Waals surface area contributed by atoms with Crippen molar-refractivity contribution in [2.75, 3.05) is 12.9 Å². The largest absolute Gasteiger partial charge is 0.481 e. The molecule has 1 aliphatic carbocycles. The first-order chi connectivity index (χ1) is 14.8. The first-order valence-corrected chi connectivity index (χ1v) is 13.3. The maximum Gasteiger partial charge on any atom is 0.306 e. The van der Waals surface area contributed by atoms with Crippen molar-refractivity contribution >= 4 is 18.0 Å². The SMILES string of the molecule is CSO[C@@H](CC(=O)O)C[C@@H]1CCC[C@H](C[C@@H]2CCOC3(C[C@H](C)CC[C@H]3C(C)C)O2)O1. The average Bonchev–Trinajstić information content (AvgIpc) is 2.67. The Morgan fingerprint density at radius 2 is 1.94 bits per heavy atom. The van der Waals surface area contributed by atoms with Gasteiger partial charge in [-0.05, 0) is 62.4 Å². The van der Waals surface area contributed by atoms with E-state index in [1.165, 1.54) is 24.9 Å². The molecule has 1 unspecified atom stereocenters. The summed E-state index contributed by atoms with van der Waals surface area (Å²) in [5.74, 6) is 0.373. The van der Waals surface area contributed by atoms with Gasteiger partial charge in [-0.1, -0.05) is 27.2 Å². The fraction of sp³-hybridized carbons (Fsp3) is 0.958. The molecule has 3 fully saturated rings. The van der Waals surface area contributed by atoms with Crippen LogP contribution in [-0.4, -0.2) is 54.1 Å². The second-order valence-electron chi connectivity index (χ2n) is 10.2. The number of hydrogen-bond donors (Lipinski definition) is 1. The Morgan fingerprint density at radius 3 is 2.65 bits per heavy atom. The molecule has 6 nitrogen and oxygen atoms in total. The molecule has 0 radical (unpaired) electrons. The van der Waals surface area contributed by atoms with Gasteiger partial charge in [-0.2, -0.15) is 0 Å². The number of carboxylic acid groups (broad SMARTS) is 1. The zero-order chi connectivity index (χ0) is 22.4. The predicted octanol–water partition coefficient (Wildman–Crippen LogP) is 5.44. The third-order valence-corrected chi connectivity index (χ3v) is 7.71. The van der Waals surface area contributed by atoms with Crippen molar-refractivity contribution in [3.63, 3.8) is 0 Å². The number of rotatable bonds is 9. The van der Waals surface area contributed by atoms with Gasteiger partial charge in [0.1, 0.15) is 0 Å². The highest BCUT2D eigenvalue weighted by Crippen LogP contribution is 2.47. The van der Waals surface area contributed by atoms with Gasteiger partial charge in [0.2, 0.25) is 0 Å². The minimum Gasteiger partial charge on any atom is -0.481 e. The molecule has 3 aliphatic rings. The standard InChI is InChI=1S/C24H42O6S/c1-16(2)22-9-8-17(3)15-24(22)27-11-10-20(29-24)12-18-6-5-7-19(28-18)13-21(30-31-4)14-23(25)26/h16-22H,5-15H2,1-4H3,(H,25,26)/t17-,18-,19+,20+,21-,22+,24?/m1/s1. The second-order valence-corrected chi connectivity index (χ2v) is 10.7. The van der Waals surface area contributed by atoms with Crippen LogP contribution in [0.4, 0.5) is 0 Å². The maximum atomic E-state index is 11.1. The van der Waals surface area contributed by atoms with E-state index in [0.29, 0.717) is 24.2 Å². The van der Waals surface area contributed by atoms with Gasteiger partial charge in [0, 0.05) is 25.0 Å². The highest BCUT2D eigenvalue weighted by atomic mass is 32.2. The minimum atomic E-state index is -0.825. The molecule has 0 aromatic rings. The van der Waals surface area contributed by atoms with Crippen molar-refractivity contribution in [3.05, 3.63) is 0 Å². The van der Waals surface area contributed by atoms with Gasteiger partial charge in [0.15, 0.2) is 5.79 Å². The van der Waals surface area contributed by atoms with Crippen LogP contribution in [0.2, 0.25) is 0 Å². The molecule has 1 N–H and O–H groups in total. The van der Waals surface area contributed by atoms with Crippen LogP contribution in [0.5, 0.6) is 0 Å². The van der Waals surface area contributed by atoms with Crippen LogP contribution >= 0.6 is 12.0 Å². The molecule has 0 aromatic carbocycles. The smallest absolute Gasteiger partial charge is 0.306 e. The zero-order valence-corrected chi connectivity index (χ0v) is 20.5. The van der Waals surface area contributed by atoms with Gasteiger partial charge < -0.3 is 23.5 Å². The van der Waals surface area contributed by atoms with E-state index in [0.717, 1.165) is 45.1 Å². The van der Waals surface area contributed by atoms with Crippen LogP contribution < -0.4 is 0 Å². The Bertz CT molecular complexity index is 572. The van der Waals surface area contributed by atoms with Gasteiger partial charge in [0.25, 0.3) is 0 Å². The van der Waals surface area contributed by atoms with Crippen LogP contribution in [0.3, 0.4) is 0 Å². The predicted molar refractivity (Wildman–Crippen MR) is 122 cm³/mol. The lowest BCUT2D eigenvalue weighted by Gasteiger charge is -2.51. The van der Waals surface area contributed by atoms with E-state index in [1.54, 1.807) is 0 Å². The summed E-state index contributed by atoms with van der Waals surface area (Å²) >= 11 is 1.23. The number of carboxylic acids is 1. The third-order valence-electron chi connectivity index (χ3n) is 7.25. The molecular weight excluding hydrogens is 416 g/mol. The third kappa shape index (κ3) is 7.07. The Labute approximate surface area is 192 Å². The molecule has 31 heavy (non-hydrogen) atoms. The van der Waals surface area contributed by atoms with Crippen molar-refractivity contribution in [1.29, 1.82) is 0 Å². The summed E-state index contributed by atoms with van der Waals surface area (Å²) in [6.07, 6.45) is 10.9. The van der Waals surface area contributed by atoms with Gasteiger partial charge >= 0.3 is 5.97 Å². The molecule has 7 atom stereocenters. The topological polar surface area (TPSA) is 74.2 Å². The van der Waals surface area contributed by atoms with Crippen LogP contribution in [0.1, 0.15) is 85.0 Å². The van der Waals surface area contributed by atoms with E-state index >= 15 is 0 Å². The average molecular weight is 459 g/mol. The molecule has 1 spiro atoms. The monoisotopic (exact) mass is 458 g/mol. The van der Waals surface area contributed by atoms with Crippen molar-refractivity contribution in [2.45, 2.75) is 115 Å². The summed E-state index contributed by atoms with van der Waals surface area (Å²) < 4.78 is 25.1. The fourth-order valence-corrected chi connectivity index (χ4v) is 6.29. The van der Waals surface area contributed by atoms with Crippen molar-refractivity contribution in [2.24, 2.45) is 17.8 Å². The summed E-state index contributed by atoms with van der Waals surface area (Å²) in [7, 11) is 0. The molecule has 2 saturated heterocycles. The van der Waals surface area contributed by atoms with Crippen molar-refractivity contribution in [3.8, 4) is 0 Å². The molecule has 0 amide bonds. The van der Waals surface area contributed by atoms with E-state index in [4.69, 9.17) is 23.5 Å². The normalized spacial score (nSPS) is 37.8. The summed E-state index contributed by atoms with van der Waals surface area (Å²) in [4.78, 5) is 11.1. The Kier molecular flexibility index (Phi) is 9.53. The summed E-state index contributed by atoms with van der Waals surface area (Å²) in [5.41, 5.74) is 0. The van der Waals surface area contributed by atoms with Gasteiger partial charge in [-0.15, -0.1) is 0 Å². The number of hydrogen-bond acceptors (Lipinski definition) is 6. The van der Waals surface area contributed by atoms with Gasteiger partial charge in [0.05, 0.1) is 37.4 Å². The van der Waals surface area contributed by atoms with E-state index in [9.17, 15) is 4.79 Å². The lowest BCUT2D eigenvalue weighted by Crippen LogP contribution is -2.55. The first-order valence-electron chi connectivity index (χ1n) is 12.2. The maximum absolute atomic E-state index is 11.1. The molecule has 7 heteroatoms. The highest BCUT2D eigenvalue weighted by Gasteiger charge is 2.50. The Balaban J connectivity index is 1.57. The highest BCUT2D eigenvalue weighted by molar-refractivity contribution is 7.93. The summed E-state index contributed by atoms with van der Waals surface area (Å²) in [6, 6.07) is 0. The van der Waals surface area contributed by atoms with E-state index in [2.05, 4.69) is 20.8 Å². The summed E-state index contributed by atoms with van der Waals surface area (Å²) in [6.45, 7) is 7.66. The number of carbonyl (C=O) groups is 1. The van der Waals surface area contributed by atoms with Gasteiger partial charge in [-0.25, -0.2) is 0 Å². The number of aliphatic carboxylic acids is 1. The van der Waals surface area contributed by atoms with Crippen LogP contribution in [-0.2, 0) is 23.2 Å². The molecule has 180 valence electrons. The lowest BCUT2D eigenvalue weighted by molar-refractivity contribution is -0.342. The quantitative estimate of drug-likeness (QED) is 0.461. The van der Waals surface area contributed by atoms with Crippen LogP contribution in [0.25, 0.3) is 0 Å². The molecule has 0 bridgehead atoms. The second kappa shape index (κ2) is 11.7. The van der Waals surface area contributed by atoms with E-state index in [1.807, 2.05) is 6.26 Å². The molecule has 2 heterocycles. The zero-order valence-electron chi connectivity index (χ0n) is 19.7. The first kappa shape index (κ1) is 25.3. The van der Waals surface area contributed by atoms with Crippen LogP contribution in [0.15, 0.2) is 0 Å². The molecule has 3 rings (SSSR count). The van der Waals surface area contributed by atoms with E-state index in [-0.39, 0.29) is 30.8 Å². The summed E-state index contributed by atoms with van der Waals surface area (Å²) in [5, 5.41) is 9.15. The van der Waals surface area contributed by atoms with Gasteiger partial charge in [-0.3, -0.25) is 4.79 Å². The Morgan fingerprint density at radius 1 is 1.16 bits per heavy atom. The molecule has 0 aromatic heterocycles. The fourth-order valence-electron chi connectivity index (χ4n) is 5.87. The molecule has 2 aliphatic heterocycles. The van der Waals surface area contributed by atoms with Crippen molar-refractivity contribution < 1.29 is 28.3 Å². The lowest BCUT2D eigenvalue weighted by atomic mass is 9.72. The minimum absolute atomic E-state index is 0.0196. The van der Waals surface area contributed by atoms with E-state index < -0.39 is 11.8 Å². The molecular formula is C24H42O6S. The number of ether oxygens (including phenoxy) is 3. The Hall–Kier alpha value is -0.340. The molecule has 1 saturated carbocycles.